The molecule has 2 aliphatic heterocycles. The number of piperidine rings is 1. The third-order valence-electron chi connectivity index (χ3n) is 6.11. The lowest BCUT2D eigenvalue weighted by Gasteiger charge is -2.42. The average molecular weight is 432 g/mol. The quantitative estimate of drug-likeness (QED) is 0.752. The third kappa shape index (κ3) is 3.58. The molecule has 2 aromatic rings. The number of urea groups is 1. The van der Waals surface area contributed by atoms with Gasteiger partial charge in [-0.15, -0.1) is 0 Å². The largest absolute Gasteiger partial charge is 0.341 e. The number of likely N-dealkylation sites (tertiary alicyclic amines) is 1. The van der Waals surface area contributed by atoms with Gasteiger partial charge in [0.15, 0.2) is 0 Å². The van der Waals surface area contributed by atoms with Gasteiger partial charge in [0.25, 0.3) is 0 Å². The summed E-state index contributed by atoms with van der Waals surface area (Å²) >= 11 is 12.4. The normalized spacial score (nSPS) is 23.5. The Morgan fingerprint density at radius 3 is 2.79 bits per heavy atom. The number of fused-ring (bicyclic) bond motifs is 1. The van der Waals surface area contributed by atoms with Crippen molar-refractivity contribution < 1.29 is 9.59 Å². The number of nitrogens with zero attached hydrogens (tertiary/aromatic N) is 1. The minimum absolute atomic E-state index is 0.0186. The summed E-state index contributed by atoms with van der Waals surface area (Å²) in [4.78, 5) is 27.6. The molecular formula is C22H23Cl2N3O2. The number of halogens is 2. The van der Waals surface area contributed by atoms with E-state index in [0.717, 1.165) is 29.7 Å². The molecule has 0 bridgehead atoms. The molecule has 0 saturated carbocycles. The highest BCUT2D eigenvalue weighted by molar-refractivity contribution is 6.31. The Balaban J connectivity index is 1.80. The van der Waals surface area contributed by atoms with Crippen molar-refractivity contribution in [1.29, 1.82) is 0 Å². The highest BCUT2D eigenvalue weighted by Gasteiger charge is 2.53. The second-order valence-electron chi connectivity index (χ2n) is 7.76. The van der Waals surface area contributed by atoms with Gasteiger partial charge in [-0.25, -0.2) is 4.79 Å². The van der Waals surface area contributed by atoms with E-state index in [-0.39, 0.29) is 17.9 Å². The first-order valence-corrected chi connectivity index (χ1v) is 10.5. The SMILES string of the molecule is CNC(=O)N1CCCC(C2(Cc3cccc(Cl)c3)C(=O)Nc3cc(Cl)ccc32)C1. The summed E-state index contributed by atoms with van der Waals surface area (Å²) in [6.07, 6.45) is 2.23. The maximum absolute atomic E-state index is 13.5. The number of carbonyl (C=O) groups excluding carboxylic acids is 2. The fraction of sp³-hybridized carbons (Fsp3) is 0.364. The summed E-state index contributed by atoms with van der Waals surface area (Å²) in [5.74, 6) is -0.0616. The molecule has 0 aliphatic carbocycles. The Hall–Kier alpha value is -2.24. The van der Waals surface area contributed by atoms with E-state index < -0.39 is 5.41 Å². The Morgan fingerprint density at radius 1 is 1.24 bits per heavy atom. The van der Waals surface area contributed by atoms with E-state index in [9.17, 15) is 9.59 Å². The molecule has 2 unspecified atom stereocenters. The summed E-state index contributed by atoms with van der Waals surface area (Å²) in [5, 5.41) is 6.97. The van der Waals surface area contributed by atoms with E-state index in [0.29, 0.717) is 29.6 Å². The molecule has 7 heteroatoms. The van der Waals surface area contributed by atoms with Crippen LogP contribution in [0.1, 0.15) is 24.0 Å². The fourth-order valence-electron chi connectivity index (χ4n) is 4.78. The molecule has 1 saturated heterocycles. The van der Waals surface area contributed by atoms with Gasteiger partial charge in [-0.2, -0.15) is 0 Å². The molecule has 2 heterocycles. The van der Waals surface area contributed by atoms with Crippen molar-refractivity contribution in [3.05, 3.63) is 63.6 Å². The van der Waals surface area contributed by atoms with Crippen molar-refractivity contribution in [2.24, 2.45) is 5.92 Å². The van der Waals surface area contributed by atoms with Gasteiger partial charge in [0, 0.05) is 35.9 Å². The summed E-state index contributed by atoms with van der Waals surface area (Å²) in [6.45, 7) is 1.22. The Labute approximate surface area is 180 Å². The Bertz CT molecular complexity index is 965. The van der Waals surface area contributed by atoms with Gasteiger partial charge in [0.1, 0.15) is 0 Å². The molecule has 2 aromatic carbocycles. The lowest BCUT2D eigenvalue weighted by molar-refractivity contribution is -0.123. The molecule has 0 spiro atoms. The molecule has 0 radical (unpaired) electrons. The van der Waals surface area contributed by atoms with E-state index in [1.54, 1.807) is 18.0 Å². The van der Waals surface area contributed by atoms with Gasteiger partial charge >= 0.3 is 6.03 Å². The van der Waals surface area contributed by atoms with Crippen molar-refractivity contribution in [2.45, 2.75) is 24.7 Å². The lowest BCUT2D eigenvalue weighted by Crippen LogP contribution is -2.53. The van der Waals surface area contributed by atoms with Crippen LogP contribution in [-0.2, 0) is 16.6 Å². The number of anilines is 1. The Morgan fingerprint density at radius 2 is 2.03 bits per heavy atom. The summed E-state index contributed by atoms with van der Waals surface area (Å²) in [5.41, 5.74) is 1.90. The molecule has 1 fully saturated rings. The predicted molar refractivity (Wildman–Crippen MR) is 116 cm³/mol. The minimum atomic E-state index is -0.780. The second-order valence-corrected chi connectivity index (χ2v) is 8.64. The molecule has 2 aliphatic rings. The highest BCUT2D eigenvalue weighted by atomic mass is 35.5. The first kappa shape index (κ1) is 20.0. The zero-order valence-corrected chi connectivity index (χ0v) is 17.7. The van der Waals surface area contributed by atoms with Crippen molar-refractivity contribution >= 4 is 40.8 Å². The van der Waals surface area contributed by atoms with Crippen LogP contribution in [0.25, 0.3) is 0 Å². The second kappa shape index (κ2) is 7.88. The summed E-state index contributed by atoms with van der Waals surface area (Å²) in [7, 11) is 1.63. The zero-order chi connectivity index (χ0) is 20.6. The van der Waals surface area contributed by atoms with Crippen LogP contribution in [0.5, 0.6) is 0 Å². The van der Waals surface area contributed by atoms with Gasteiger partial charge in [-0.1, -0.05) is 41.4 Å². The number of nitrogens with one attached hydrogen (secondary N) is 2. The van der Waals surface area contributed by atoms with Crippen LogP contribution in [0, 0.1) is 5.92 Å². The number of rotatable bonds is 3. The first-order valence-electron chi connectivity index (χ1n) is 9.76. The van der Waals surface area contributed by atoms with E-state index in [4.69, 9.17) is 23.2 Å². The maximum Gasteiger partial charge on any atom is 0.317 e. The molecule has 0 aromatic heterocycles. The average Bonchev–Trinajstić information content (AvgIpc) is 2.98. The van der Waals surface area contributed by atoms with Crippen molar-refractivity contribution in [2.75, 3.05) is 25.5 Å². The molecule has 2 N–H and O–H groups in total. The van der Waals surface area contributed by atoms with Crippen LogP contribution < -0.4 is 10.6 Å². The van der Waals surface area contributed by atoms with E-state index in [1.165, 1.54) is 0 Å². The molecule has 152 valence electrons. The highest BCUT2D eigenvalue weighted by Crippen LogP contribution is 2.49. The zero-order valence-electron chi connectivity index (χ0n) is 16.2. The molecule has 3 amide bonds. The minimum Gasteiger partial charge on any atom is -0.341 e. The number of amides is 3. The van der Waals surface area contributed by atoms with E-state index in [1.807, 2.05) is 36.4 Å². The van der Waals surface area contributed by atoms with E-state index in [2.05, 4.69) is 10.6 Å². The van der Waals surface area contributed by atoms with Crippen LogP contribution in [0.2, 0.25) is 10.0 Å². The number of benzene rings is 2. The van der Waals surface area contributed by atoms with Crippen LogP contribution >= 0.6 is 23.2 Å². The number of hydrogen-bond acceptors (Lipinski definition) is 2. The van der Waals surface area contributed by atoms with Crippen LogP contribution in [0.15, 0.2) is 42.5 Å². The standard InChI is InChI=1S/C22H23Cl2N3O2/c1-25-21(29)27-9-3-5-15(13-27)22(12-14-4-2-6-16(23)10-14)18-8-7-17(24)11-19(18)26-20(22)28/h2,4,6-8,10-11,15H,3,5,9,12-13H2,1H3,(H,25,29)(H,26,28). The lowest BCUT2D eigenvalue weighted by atomic mass is 9.65. The molecule has 2 atom stereocenters. The number of carbonyl (C=O) groups is 2. The topological polar surface area (TPSA) is 61.4 Å². The van der Waals surface area contributed by atoms with Crippen LogP contribution in [0.4, 0.5) is 10.5 Å². The van der Waals surface area contributed by atoms with Crippen molar-refractivity contribution in [3.8, 4) is 0 Å². The molecular weight excluding hydrogens is 409 g/mol. The smallest absolute Gasteiger partial charge is 0.317 e. The van der Waals surface area contributed by atoms with Gasteiger partial charge in [0.05, 0.1) is 5.41 Å². The molecule has 5 nitrogen and oxygen atoms in total. The summed E-state index contributed by atoms with van der Waals surface area (Å²) < 4.78 is 0. The molecule has 29 heavy (non-hydrogen) atoms. The number of hydrogen-bond donors (Lipinski definition) is 2. The predicted octanol–water partition coefficient (Wildman–Crippen LogP) is 4.48. The first-order chi connectivity index (χ1) is 13.9. The van der Waals surface area contributed by atoms with Crippen molar-refractivity contribution in [3.63, 3.8) is 0 Å². The molecule has 4 rings (SSSR count). The monoisotopic (exact) mass is 431 g/mol. The van der Waals surface area contributed by atoms with Crippen LogP contribution in [0.3, 0.4) is 0 Å². The van der Waals surface area contributed by atoms with Gasteiger partial charge in [-0.05, 0) is 60.6 Å². The van der Waals surface area contributed by atoms with Gasteiger partial charge in [-0.3, -0.25) is 4.79 Å². The summed E-state index contributed by atoms with van der Waals surface area (Å²) in [6, 6.07) is 13.1. The Kier molecular flexibility index (Phi) is 5.45. The van der Waals surface area contributed by atoms with Crippen LogP contribution in [-0.4, -0.2) is 37.0 Å². The van der Waals surface area contributed by atoms with E-state index >= 15 is 0 Å². The fourth-order valence-corrected chi connectivity index (χ4v) is 5.17. The van der Waals surface area contributed by atoms with Gasteiger partial charge < -0.3 is 15.5 Å². The van der Waals surface area contributed by atoms with Gasteiger partial charge in [0.2, 0.25) is 5.91 Å². The third-order valence-corrected chi connectivity index (χ3v) is 6.58. The van der Waals surface area contributed by atoms with Crippen molar-refractivity contribution in [1.82, 2.24) is 10.2 Å². The maximum atomic E-state index is 13.5.